The Morgan fingerprint density at radius 2 is 2.17 bits per heavy atom. The minimum atomic E-state index is -3.55. The maximum Gasteiger partial charge on any atom is 0.246 e. The molecule has 1 aromatic heterocycles. The van der Waals surface area contributed by atoms with Crippen LogP contribution in [0.15, 0.2) is 4.90 Å². The molecule has 0 spiro atoms. The number of aromatic nitrogens is 2. The molecule has 0 amide bonds. The minimum Gasteiger partial charge on any atom is -0.385 e. The van der Waals surface area contributed by atoms with E-state index in [1.54, 1.807) is 14.0 Å². The quantitative estimate of drug-likeness (QED) is 0.604. The number of alkyl halides is 1. The normalized spacial score (nSPS) is 12.3. The molecule has 0 aliphatic rings. The van der Waals surface area contributed by atoms with Gasteiger partial charge in [0.25, 0.3) is 0 Å². The lowest BCUT2D eigenvalue weighted by molar-refractivity contribution is 0.189. The maximum absolute atomic E-state index is 12.4. The number of hydrogen-bond acceptors (Lipinski definition) is 4. The molecule has 18 heavy (non-hydrogen) atoms. The van der Waals surface area contributed by atoms with E-state index in [0.29, 0.717) is 31.0 Å². The van der Waals surface area contributed by atoms with Crippen molar-refractivity contribution in [2.75, 3.05) is 27.3 Å². The van der Waals surface area contributed by atoms with Crippen molar-refractivity contribution in [3.8, 4) is 0 Å². The Bertz CT molecular complexity index is 487. The standard InChI is InChI=1S/C10H18ClN3O3S/c1-8-10(9(7-11)13-12-8)18(15,16)14(2)5-4-6-17-3/h4-7H2,1-3H3,(H,12,13). The highest BCUT2D eigenvalue weighted by atomic mass is 35.5. The van der Waals surface area contributed by atoms with Gasteiger partial charge >= 0.3 is 0 Å². The zero-order valence-corrected chi connectivity index (χ0v) is 12.3. The summed E-state index contributed by atoms with van der Waals surface area (Å²) in [5.74, 6) is 0.0603. The lowest BCUT2D eigenvalue weighted by atomic mass is 10.4. The third-order valence-electron chi connectivity index (χ3n) is 2.58. The van der Waals surface area contributed by atoms with Crippen molar-refractivity contribution in [3.63, 3.8) is 0 Å². The highest BCUT2D eigenvalue weighted by Crippen LogP contribution is 2.22. The van der Waals surface area contributed by atoms with Crippen LogP contribution < -0.4 is 0 Å². The summed E-state index contributed by atoms with van der Waals surface area (Å²) in [6.45, 7) is 2.58. The predicted octanol–water partition coefficient (Wildman–Crippen LogP) is 1.11. The smallest absolute Gasteiger partial charge is 0.246 e. The van der Waals surface area contributed by atoms with Gasteiger partial charge in [0.2, 0.25) is 10.0 Å². The van der Waals surface area contributed by atoms with Crippen LogP contribution in [0.5, 0.6) is 0 Å². The van der Waals surface area contributed by atoms with Crippen LogP contribution in [0.2, 0.25) is 0 Å². The molecule has 0 aliphatic carbocycles. The molecule has 0 bridgehead atoms. The van der Waals surface area contributed by atoms with Gasteiger partial charge in [0.15, 0.2) is 0 Å². The third-order valence-corrected chi connectivity index (χ3v) is 4.89. The summed E-state index contributed by atoms with van der Waals surface area (Å²) < 4.78 is 30.9. The van der Waals surface area contributed by atoms with Crippen LogP contribution in [0.4, 0.5) is 0 Å². The average Bonchev–Trinajstić information content (AvgIpc) is 2.71. The van der Waals surface area contributed by atoms with Gasteiger partial charge in [0, 0.05) is 27.3 Å². The molecule has 0 saturated heterocycles. The Morgan fingerprint density at radius 1 is 1.50 bits per heavy atom. The Morgan fingerprint density at radius 3 is 2.72 bits per heavy atom. The second kappa shape index (κ2) is 6.51. The molecule has 0 saturated carbocycles. The number of nitrogens with zero attached hydrogens (tertiary/aromatic N) is 2. The van der Waals surface area contributed by atoms with Gasteiger partial charge in [-0.15, -0.1) is 11.6 Å². The second-order valence-electron chi connectivity index (χ2n) is 3.93. The molecule has 1 aromatic rings. The van der Waals surface area contributed by atoms with Gasteiger partial charge in [-0.2, -0.15) is 5.10 Å². The van der Waals surface area contributed by atoms with Gasteiger partial charge in [-0.05, 0) is 13.3 Å². The molecule has 1 N–H and O–H groups in total. The van der Waals surface area contributed by atoms with Crippen LogP contribution >= 0.6 is 11.6 Å². The fourth-order valence-electron chi connectivity index (χ4n) is 1.61. The maximum atomic E-state index is 12.4. The van der Waals surface area contributed by atoms with Crippen LogP contribution in [-0.2, 0) is 20.6 Å². The summed E-state index contributed by atoms with van der Waals surface area (Å²) in [5.41, 5.74) is 0.858. The molecule has 1 heterocycles. The first-order valence-electron chi connectivity index (χ1n) is 5.50. The molecule has 0 radical (unpaired) electrons. The van der Waals surface area contributed by atoms with Crippen LogP contribution in [0.3, 0.4) is 0 Å². The summed E-state index contributed by atoms with van der Waals surface area (Å²) in [4.78, 5) is 0.178. The largest absolute Gasteiger partial charge is 0.385 e. The third kappa shape index (κ3) is 3.23. The number of rotatable bonds is 7. The molecule has 0 fully saturated rings. The molecule has 0 aromatic carbocycles. The predicted molar refractivity (Wildman–Crippen MR) is 69.2 cm³/mol. The molecular weight excluding hydrogens is 278 g/mol. The summed E-state index contributed by atoms with van der Waals surface area (Å²) >= 11 is 5.70. The first-order valence-corrected chi connectivity index (χ1v) is 7.47. The van der Waals surface area contributed by atoms with Crippen molar-refractivity contribution < 1.29 is 13.2 Å². The van der Waals surface area contributed by atoms with Crippen molar-refractivity contribution in [3.05, 3.63) is 11.4 Å². The lowest BCUT2D eigenvalue weighted by Crippen LogP contribution is -2.29. The average molecular weight is 296 g/mol. The fraction of sp³-hybridized carbons (Fsp3) is 0.700. The molecular formula is C10H18ClN3O3S. The number of H-pyrrole nitrogens is 1. The van der Waals surface area contributed by atoms with Crippen LogP contribution in [-0.4, -0.2) is 50.2 Å². The number of halogens is 1. The van der Waals surface area contributed by atoms with Gasteiger partial charge in [0.1, 0.15) is 4.90 Å². The van der Waals surface area contributed by atoms with Gasteiger partial charge in [-0.1, -0.05) is 0 Å². The molecule has 6 nitrogen and oxygen atoms in total. The zero-order chi connectivity index (χ0) is 13.8. The first-order chi connectivity index (χ1) is 8.45. The Labute approximate surface area is 112 Å². The summed E-state index contributed by atoms with van der Waals surface area (Å²) in [5, 5.41) is 6.54. The number of sulfonamides is 1. The SMILES string of the molecule is COCCCN(C)S(=O)(=O)c1c(CCl)n[nH]c1C. The van der Waals surface area contributed by atoms with Crippen LogP contribution in [0.1, 0.15) is 17.8 Å². The molecule has 104 valence electrons. The monoisotopic (exact) mass is 295 g/mol. The number of nitrogens with one attached hydrogen (secondary N) is 1. The van der Waals surface area contributed by atoms with Crippen LogP contribution in [0.25, 0.3) is 0 Å². The van der Waals surface area contributed by atoms with E-state index in [1.165, 1.54) is 11.4 Å². The van der Waals surface area contributed by atoms with Crippen molar-refractivity contribution in [1.29, 1.82) is 0 Å². The molecule has 0 aliphatic heterocycles. The van der Waals surface area contributed by atoms with Gasteiger partial charge in [-0.3, -0.25) is 5.10 Å². The van der Waals surface area contributed by atoms with Gasteiger partial charge < -0.3 is 4.74 Å². The molecule has 1 rings (SSSR count). The first kappa shape index (κ1) is 15.4. The van der Waals surface area contributed by atoms with E-state index in [1.807, 2.05) is 0 Å². The van der Waals surface area contributed by atoms with Crippen molar-refractivity contribution in [2.45, 2.75) is 24.1 Å². The van der Waals surface area contributed by atoms with Gasteiger partial charge in [0.05, 0.1) is 17.3 Å². The summed E-state index contributed by atoms with van der Waals surface area (Å²) in [7, 11) is -0.429. The van der Waals surface area contributed by atoms with E-state index in [4.69, 9.17) is 16.3 Å². The van der Waals surface area contributed by atoms with Crippen molar-refractivity contribution in [1.82, 2.24) is 14.5 Å². The van der Waals surface area contributed by atoms with E-state index in [9.17, 15) is 8.42 Å². The molecule has 0 atom stereocenters. The lowest BCUT2D eigenvalue weighted by Gasteiger charge is -2.17. The Kier molecular flexibility index (Phi) is 5.58. The number of hydrogen-bond donors (Lipinski definition) is 1. The zero-order valence-electron chi connectivity index (χ0n) is 10.7. The highest BCUT2D eigenvalue weighted by Gasteiger charge is 2.27. The van der Waals surface area contributed by atoms with Gasteiger partial charge in [-0.25, -0.2) is 12.7 Å². The number of methoxy groups -OCH3 is 1. The topological polar surface area (TPSA) is 75.3 Å². The Balaban J connectivity index is 2.94. The second-order valence-corrected chi connectivity index (χ2v) is 6.18. The highest BCUT2D eigenvalue weighted by molar-refractivity contribution is 7.89. The van der Waals surface area contributed by atoms with E-state index < -0.39 is 10.0 Å². The van der Waals surface area contributed by atoms with E-state index >= 15 is 0 Å². The van der Waals surface area contributed by atoms with E-state index in [0.717, 1.165) is 0 Å². The summed E-state index contributed by atoms with van der Waals surface area (Å²) in [6, 6.07) is 0. The van der Waals surface area contributed by atoms with Crippen molar-refractivity contribution >= 4 is 21.6 Å². The number of aromatic amines is 1. The fourth-order valence-corrected chi connectivity index (χ4v) is 3.41. The van der Waals surface area contributed by atoms with Crippen molar-refractivity contribution in [2.24, 2.45) is 0 Å². The van der Waals surface area contributed by atoms with Crippen LogP contribution in [0, 0.1) is 6.92 Å². The van der Waals surface area contributed by atoms with E-state index in [2.05, 4.69) is 10.2 Å². The number of aryl methyl sites for hydroxylation is 1. The summed E-state index contributed by atoms with van der Waals surface area (Å²) in [6.07, 6.45) is 0.638. The molecule has 8 heteroatoms. The van der Waals surface area contributed by atoms with E-state index in [-0.39, 0.29) is 10.8 Å². The minimum absolute atomic E-state index is 0.0603. The Hall–Kier alpha value is -0.630. The number of ether oxygens (including phenoxy) is 1. The molecule has 0 unspecified atom stereocenters.